The summed E-state index contributed by atoms with van der Waals surface area (Å²) in [5.74, 6) is -0.0428. The Kier molecular flexibility index (Phi) is 29.7. The minimum Gasteiger partial charge on any atom is -0.462 e. The summed E-state index contributed by atoms with van der Waals surface area (Å²) < 4.78 is 16.4. The standard InChI is InChI=1S/C36H68O6/c1-5-8-10-12-15-20-23-27-34(37)40-30-33(42-36(39)29-25-18-11-9-6-2)31-41-35(38)28-24-21-17-14-13-16-19-22-26-32(4)7-3/h32-33H,5-31H2,1-4H3/t32?,33-/m0/s1. The molecule has 0 saturated carbocycles. The number of unbranched alkanes of at least 4 members (excludes halogenated alkanes) is 17. The van der Waals surface area contributed by atoms with Crippen LogP contribution in [0.1, 0.15) is 188 Å². The van der Waals surface area contributed by atoms with Crippen molar-refractivity contribution in [3.05, 3.63) is 0 Å². The molecule has 2 atom stereocenters. The number of hydrogen-bond acceptors (Lipinski definition) is 6. The molecular weight excluding hydrogens is 528 g/mol. The average Bonchev–Trinajstić information content (AvgIpc) is 2.98. The molecule has 248 valence electrons. The Labute approximate surface area is 259 Å². The Bertz CT molecular complexity index is 634. The molecule has 1 unspecified atom stereocenters. The smallest absolute Gasteiger partial charge is 0.306 e. The topological polar surface area (TPSA) is 78.9 Å². The molecule has 42 heavy (non-hydrogen) atoms. The predicted molar refractivity (Wildman–Crippen MR) is 173 cm³/mol. The first-order valence-corrected chi connectivity index (χ1v) is 17.9. The first kappa shape index (κ1) is 40.4. The van der Waals surface area contributed by atoms with E-state index in [0.29, 0.717) is 19.3 Å². The first-order chi connectivity index (χ1) is 20.4. The normalized spacial score (nSPS) is 12.6. The highest BCUT2D eigenvalue weighted by molar-refractivity contribution is 5.71. The van der Waals surface area contributed by atoms with Crippen LogP contribution in [-0.4, -0.2) is 37.2 Å². The van der Waals surface area contributed by atoms with Crippen LogP contribution in [-0.2, 0) is 28.6 Å². The van der Waals surface area contributed by atoms with Crippen LogP contribution in [0.5, 0.6) is 0 Å². The predicted octanol–water partition coefficient (Wildman–Crippen LogP) is 10.4. The molecule has 0 aromatic heterocycles. The van der Waals surface area contributed by atoms with Gasteiger partial charge in [0.05, 0.1) is 0 Å². The zero-order chi connectivity index (χ0) is 31.1. The van der Waals surface area contributed by atoms with Crippen molar-refractivity contribution in [2.45, 2.75) is 194 Å². The highest BCUT2D eigenvalue weighted by Crippen LogP contribution is 2.15. The minimum atomic E-state index is -0.754. The summed E-state index contributed by atoms with van der Waals surface area (Å²) in [5.41, 5.74) is 0. The number of esters is 3. The van der Waals surface area contributed by atoms with E-state index in [0.717, 1.165) is 70.1 Å². The molecule has 0 heterocycles. The monoisotopic (exact) mass is 597 g/mol. The summed E-state index contributed by atoms with van der Waals surface area (Å²) in [5, 5.41) is 0. The van der Waals surface area contributed by atoms with Crippen LogP contribution >= 0.6 is 0 Å². The van der Waals surface area contributed by atoms with Gasteiger partial charge in [0.15, 0.2) is 6.10 Å². The summed E-state index contributed by atoms with van der Waals surface area (Å²) in [6.45, 7) is 8.83. The van der Waals surface area contributed by atoms with E-state index < -0.39 is 6.10 Å². The Balaban J connectivity index is 4.25. The van der Waals surface area contributed by atoms with Crippen LogP contribution in [0.3, 0.4) is 0 Å². The fourth-order valence-corrected chi connectivity index (χ4v) is 5.00. The third-order valence-electron chi connectivity index (χ3n) is 8.15. The lowest BCUT2D eigenvalue weighted by Gasteiger charge is -2.18. The van der Waals surface area contributed by atoms with Crippen LogP contribution in [0, 0.1) is 5.92 Å². The molecule has 6 heteroatoms. The molecule has 0 fully saturated rings. The third-order valence-corrected chi connectivity index (χ3v) is 8.15. The maximum atomic E-state index is 12.4. The number of carbonyl (C=O) groups is 3. The largest absolute Gasteiger partial charge is 0.462 e. The van der Waals surface area contributed by atoms with E-state index in [1.165, 1.54) is 77.0 Å². The molecule has 0 saturated heterocycles. The number of ether oxygens (including phenoxy) is 3. The van der Waals surface area contributed by atoms with Gasteiger partial charge in [0.25, 0.3) is 0 Å². The van der Waals surface area contributed by atoms with E-state index in [1.807, 2.05) is 0 Å². The van der Waals surface area contributed by atoms with Crippen molar-refractivity contribution in [3.8, 4) is 0 Å². The molecule has 6 nitrogen and oxygen atoms in total. The molecule has 0 N–H and O–H groups in total. The van der Waals surface area contributed by atoms with Crippen LogP contribution in [0.15, 0.2) is 0 Å². The van der Waals surface area contributed by atoms with Gasteiger partial charge in [-0.3, -0.25) is 14.4 Å². The van der Waals surface area contributed by atoms with Gasteiger partial charge in [0.2, 0.25) is 0 Å². The van der Waals surface area contributed by atoms with Crippen molar-refractivity contribution >= 4 is 17.9 Å². The zero-order valence-electron chi connectivity index (χ0n) is 28.2. The molecular formula is C36H68O6. The second-order valence-corrected chi connectivity index (χ2v) is 12.4. The zero-order valence-corrected chi connectivity index (χ0v) is 28.2. The van der Waals surface area contributed by atoms with E-state index in [4.69, 9.17) is 14.2 Å². The number of hydrogen-bond donors (Lipinski definition) is 0. The average molecular weight is 597 g/mol. The van der Waals surface area contributed by atoms with Gasteiger partial charge in [-0.05, 0) is 25.2 Å². The molecule has 0 aliphatic carbocycles. The highest BCUT2D eigenvalue weighted by Gasteiger charge is 2.19. The van der Waals surface area contributed by atoms with Crippen LogP contribution in [0.25, 0.3) is 0 Å². The lowest BCUT2D eigenvalue weighted by molar-refractivity contribution is -0.167. The van der Waals surface area contributed by atoms with Gasteiger partial charge in [-0.25, -0.2) is 0 Å². The molecule has 0 radical (unpaired) electrons. The maximum absolute atomic E-state index is 12.4. The van der Waals surface area contributed by atoms with E-state index in [1.54, 1.807) is 0 Å². The fraction of sp³-hybridized carbons (Fsp3) is 0.917. The van der Waals surface area contributed by atoms with E-state index >= 15 is 0 Å². The van der Waals surface area contributed by atoms with Crippen molar-refractivity contribution in [2.75, 3.05) is 13.2 Å². The SMILES string of the molecule is CCCCCCCCCC(=O)OC[C@@H](COC(=O)CCCCCCCCCCC(C)CC)OC(=O)CCCCCCC. The van der Waals surface area contributed by atoms with Gasteiger partial charge in [-0.15, -0.1) is 0 Å². The summed E-state index contributed by atoms with van der Waals surface area (Å²) in [6, 6.07) is 0. The van der Waals surface area contributed by atoms with Crippen molar-refractivity contribution in [3.63, 3.8) is 0 Å². The molecule has 0 rings (SSSR count). The molecule has 0 aliphatic heterocycles. The quantitative estimate of drug-likeness (QED) is 0.0450. The Hall–Kier alpha value is -1.59. The Morgan fingerprint density at radius 1 is 0.476 bits per heavy atom. The van der Waals surface area contributed by atoms with Crippen molar-refractivity contribution in [2.24, 2.45) is 5.92 Å². The third kappa shape index (κ3) is 28.5. The van der Waals surface area contributed by atoms with Gasteiger partial charge >= 0.3 is 17.9 Å². The number of rotatable bonds is 31. The second kappa shape index (κ2) is 30.9. The summed E-state index contributed by atoms with van der Waals surface area (Å²) in [4.78, 5) is 37.0. The molecule has 0 bridgehead atoms. The lowest BCUT2D eigenvalue weighted by Crippen LogP contribution is -2.30. The first-order valence-electron chi connectivity index (χ1n) is 17.9. The molecule has 0 amide bonds. The molecule has 0 aromatic carbocycles. The van der Waals surface area contributed by atoms with Crippen molar-refractivity contribution < 1.29 is 28.6 Å². The maximum Gasteiger partial charge on any atom is 0.306 e. The summed E-state index contributed by atoms with van der Waals surface area (Å²) in [6.07, 6.45) is 25.5. The highest BCUT2D eigenvalue weighted by atomic mass is 16.6. The fourth-order valence-electron chi connectivity index (χ4n) is 5.00. The van der Waals surface area contributed by atoms with Crippen LogP contribution in [0.4, 0.5) is 0 Å². The summed E-state index contributed by atoms with van der Waals surface area (Å²) in [7, 11) is 0. The second-order valence-electron chi connectivity index (χ2n) is 12.4. The van der Waals surface area contributed by atoms with Crippen molar-refractivity contribution in [1.82, 2.24) is 0 Å². The molecule has 0 aromatic rings. The van der Waals surface area contributed by atoms with E-state index in [-0.39, 0.29) is 31.1 Å². The molecule has 0 spiro atoms. The van der Waals surface area contributed by atoms with Gasteiger partial charge in [0, 0.05) is 19.3 Å². The minimum absolute atomic E-state index is 0.0677. The van der Waals surface area contributed by atoms with Gasteiger partial charge < -0.3 is 14.2 Å². The number of carbonyl (C=O) groups excluding carboxylic acids is 3. The van der Waals surface area contributed by atoms with Crippen molar-refractivity contribution in [1.29, 1.82) is 0 Å². The van der Waals surface area contributed by atoms with E-state index in [2.05, 4.69) is 27.7 Å². The van der Waals surface area contributed by atoms with Gasteiger partial charge in [0.1, 0.15) is 13.2 Å². The Morgan fingerprint density at radius 3 is 1.24 bits per heavy atom. The Morgan fingerprint density at radius 2 is 0.833 bits per heavy atom. The van der Waals surface area contributed by atoms with Crippen LogP contribution < -0.4 is 0 Å². The summed E-state index contributed by atoms with van der Waals surface area (Å²) >= 11 is 0. The van der Waals surface area contributed by atoms with Gasteiger partial charge in [-0.1, -0.05) is 150 Å². The van der Waals surface area contributed by atoms with E-state index in [9.17, 15) is 14.4 Å². The van der Waals surface area contributed by atoms with Crippen LogP contribution in [0.2, 0.25) is 0 Å². The lowest BCUT2D eigenvalue weighted by atomic mass is 9.99. The van der Waals surface area contributed by atoms with Gasteiger partial charge in [-0.2, -0.15) is 0 Å². The molecule has 0 aliphatic rings.